The molecule has 2 N–H and O–H groups in total. The molecule has 7 heteroatoms. The molecule has 0 amide bonds. The maximum Gasteiger partial charge on any atom is 0.335 e. The first-order chi connectivity index (χ1) is 9.59. The van der Waals surface area contributed by atoms with Gasteiger partial charge in [0.05, 0.1) is 16.1 Å². The minimum atomic E-state index is -3.78. The molecule has 0 atom stereocenters. The molecule has 0 saturated carbocycles. The fourth-order valence-corrected chi connectivity index (χ4v) is 4.18. The van der Waals surface area contributed by atoms with Gasteiger partial charge in [-0.1, -0.05) is 19.9 Å². The zero-order chi connectivity index (χ0) is 16.0. The fraction of sp³-hybridized carbons (Fsp3) is 0.500. The molecule has 6 nitrogen and oxygen atoms in total. The van der Waals surface area contributed by atoms with Crippen molar-refractivity contribution in [1.29, 1.82) is 0 Å². The van der Waals surface area contributed by atoms with E-state index in [-0.39, 0.29) is 35.0 Å². The third-order valence-electron chi connectivity index (χ3n) is 4.11. The highest BCUT2D eigenvalue weighted by molar-refractivity contribution is 7.89. The SMILES string of the molecule is Cc1c(C(=O)O)cccc1S(=O)(=O)N1CC(O)(C(C)C)C1. The summed E-state index contributed by atoms with van der Waals surface area (Å²) in [6.45, 7) is 5.21. The fourth-order valence-electron chi connectivity index (χ4n) is 2.36. The predicted molar refractivity (Wildman–Crippen MR) is 76.7 cm³/mol. The number of carbonyl (C=O) groups is 1. The highest BCUT2D eigenvalue weighted by Gasteiger charge is 2.49. The van der Waals surface area contributed by atoms with E-state index in [0.717, 1.165) is 0 Å². The summed E-state index contributed by atoms with van der Waals surface area (Å²) in [5, 5.41) is 19.3. The molecule has 1 aliphatic heterocycles. The second kappa shape index (κ2) is 5.08. The van der Waals surface area contributed by atoms with Gasteiger partial charge in [0.25, 0.3) is 0 Å². The summed E-state index contributed by atoms with van der Waals surface area (Å²) in [5.74, 6) is -1.21. The monoisotopic (exact) mass is 313 g/mol. The minimum absolute atomic E-state index is 0.0202. The number of sulfonamides is 1. The van der Waals surface area contributed by atoms with Crippen LogP contribution in [0.5, 0.6) is 0 Å². The van der Waals surface area contributed by atoms with Crippen LogP contribution in [0.25, 0.3) is 0 Å². The molecular weight excluding hydrogens is 294 g/mol. The van der Waals surface area contributed by atoms with E-state index in [1.165, 1.54) is 29.4 Å². The van der Waals surface area contributed by atoms with Crippen LogP contribution in [-0.4, -0.2) is 47.6 Å². The average Bonchev–Trinajstić information content (AvgIpc) is 2.34. The quantitative estimate of drug-likeness (QED) is 0.867. The maximum atomic E-state index is 12.5. The number of rotatable bonds is 4. The van der Waals surface area contributed by atoms with Crippen LogP contribution < -0.4 is 0 Å². The predicted octanol–water partition coefficient (Wildman–Crippen LogP) is 1.08. The van der Waals surface area contributed by atoms with Crippen molar-refractivity contribution < 1.29 is 23.4 Å². The van der Waals surface area contributed by atoms with Crippen LogP contribution in [-0.2, 0) is 10.0 Å². The van der Waals surface area contributed by atoms with Crippen molar-refractivity contribution in [2.75, 3.05) is 13.1 Å². The lowest BCUT2D eigenvalue weighted by atomic mass is 9.85. The van der Waals surface area contributed by atoms with Crippen molar-refractivity contribution in [3.63, 3.8) is 0 Å². The Kier molecular flexibility index (Phi) is 3.86. The Morgan fingerprint density at radius 1 is 1.33 bits per heavy atom. The van der Waals surface area contributed by atoms with E-state index < -0.39 is 21.6 Å². The van der Waals surface area contributed by atoms with Gasteiger partial charge in [0.1, 0.15) is 0 Å². The van der Waals surface area contributed by atoms with Gasteiger partial charge in [-0.3, -0.25) is 0 Å². The molecule has 21 heavy (non-hydrogen) atoms. The van der Waals surface area contributed by atoms with Crippen molar-refractivity contribution in [2.24, 2.45) is 5.92 Å². The van der Waals surface area contributed by atoms with Gasteiger partial charge in [-0.2, -0.15) is 4.31 Å². The van der Waals surface area contributed by atoms with Gasteiger partial charge in [0.2, 0.25) is 10.0 Å². The summed E-state index contributed by atoms with van der Waals surface area (Å²) in [4.78, 5) is 11.1. The van der Waals surface area contributed by atoms with E-state index in [9.17, 15) is 18.3 Å². The van der Waals surface area contributed by atoms with Gasteiger partial charge >= 0.3 is 5.97 Å². The number of carboxylic acids is 1. The Bertz CT molecular complexity index is 675. The number of nitrogens with zero attached hydrogens (tertiary/aromatic N) is 1. The first kappa shape index (κ1) is 15.9. The van der Waals surface area contributed by atoms with Crippen LogP contribution in [0.3, 0.4) is 0 Å². The van der Waals surface area contributed by atoms with Crippen LogP contribution in [0.1, 0.15) is 29.8 Å². The molecule has 1 aromatic rings. The number of aromatic carboxylic acids is 1. The molecule has 2 rings (SSSR count). The molecule has 1 saturated heterocycles. The van der Waals surface area contributed by atoms with Crippen LogP contribution in [0, 0.1) is 12.8 Å². The van der Waals surface area contributed by atoms with Gasteiger partial charge in [-0.25, -0.2) is 13.2 Å². The Morgan fingerprint density at radius 2 is 1.90 bits per heavy atom. The lowest BCUT2D eigenvalue weighted by Gasteiger charge is -2.48. The third-order valence-corrected chi connectivity index (χ3v) is 6.04. The maximum absolute atomic E-state index is 12.5. The molecule has 0 aromatic heterocycles. The summed E-state index contributed by atoms with van der Waals surface area (Å²) in [6.07, 6.45) is 0. The van der Waals surface area contributed by atoms with E-state index in [0.29, 0.717) is 0 Å². The summed E-state index contributed by atoms with van der Waals surface area (Å²) in [5.41, 5.74) is -0.827. The zero-order valence-electron chi connectivity index (χ0n) is 12.2. The minimum Gasteiger partial charge on any atom is -0.478 e. The van der Waals surface area contributed by atoms with Crippen LogP contribution in [0.4, 0.5) is 0 Å². The largest absolute Gasteiger partial charge is 0.478 e. The number of carboxylic acid groups (broad SMARTS) is 1. The van der Waals surface area contributed by atoms with Gasteiger partial charge < -0.3 is 10.2 Å². The third kappa shape index (κ3) is 2.56. The van der Waals surface area contributed by atoms with E-state index in [1.807, 2.05) is 13.8 Å². The molecule has 0 unspecified atom stereocenters. The zero-order valence-corrected chi connectivity index (χ0v) is 13.0. The second-order valence-electron chi connectivity index (χ2n) is 5.77. The van der Waals surface area contributed by atoms with Crippen LogP contribution in [0.2, 0.25) is 0 Å². The summed E-state index contributed by atoms with van der Waals surface area (Å²) in [6, 6.07) is 4.18. The number of β-amino-alcohol motifs (C(OH)–C–C–N with tert-alkyl or cyclic N) is 1. The lowest BCUT2D eigenvalue weighted by molar-refractivity contribution is -0.0932. The summed E-state index contributed by atoms with van der Waals surface area (Å²) < 4.78 is 26.3. The molecule has 0 radical (unpaired) electrons. The van der Waals surface area contributed by atoms with E-state index >= 15 is 0 Å². The van der Waals surface area contributed by atoms with Crippen molar-refractivity contribution in [3.05, 3.63) is 29.3 Å². The van der Waals surface area contributed by atoms with Gasteiger partial charge in [-0.05, 0) is 30.5 Å². The Morgan fingerprint density at radius 3 is 2.38 bits per heavy atom. The Balaban J connectivity index is 2.35. The molecule has 1 heterocycles. The van der Waals surface area contributed by atoms with Gasteiger partial charge in [0, 0.05) is 13.1 Å². The molecule has 0 aliphatic carbocycles. The highest BCUT2D eigenvalue weighted by Crippen LogP contribution is 2.34. The molecular formula is C14H19NO5S. The van der Waals surface area contributed by atoms with Crippen molar-refractivity contribution in [2.45, 2.75) is 31.3 Å². The molecule has 0 bridgehead atoms. The van der Waals surface area contributed by atoms with Crippen LogP contribution in [0.15, 0.2) is 23.1 Å². The number of hydrogen-bond donors (Lipinski definition) is 2. The normalized spacial score (nSPS) is 18.5. The molecule has 0 spiro atoms. The molecule has 1 aliphatic rings. The van der Waals surface area contributed by atoms with E-state index in [1.54, 1.807) is 0 Å². The van der Waals surface area contributed by atoms with E-state index in [2.05, 4.69) is 0 Å². The molecule has 1 fully saturated rings. The topological polar surface area (TPSA) is 94.9 Å². The Labute approximate surface area is 124 Å². The number of benzene rings is 1. The second-order valence-corrected chi connectivity index (χ2v) is 7.67. The standard InChI is InChI=1S/C14H19NO5S/c1-9(2)14(18)7-15(8-14)21(19,20)12-6-4-5-11(10(12)3)13(16)17/h4-6,9,18H,7-8H2,1-3H3,(H,16,17). The van der Waals surface area contributed by atoms with Gasteiger partial charge in [-0.15, -0.1) is 0 Å². The van der Waals surface area contributed by atoms with E-state index in [4.69, 9.17) is 5.11 Å². The Hall–Kier alpha value is -1.44. The highest BCUT2D eigenvalue weighted by atomic mass is 32.2. The average molecular weight is 313 g/mol. The molecule has 116 valence electrons. The summed E-state index contributed by atoms with van der Waals surface area (Å²) in [7, 11) is -3.78. The van der Waals surface area contributed by atoms with Crippen molar-refractivity contribution in [3.8, 4) is 0 Å². The van der Waals surface area contributed by atoms with Crippen molar-refractivity contribution in [1.82, 2.24) is 4.31 Å². The van der Waals surface area contributed by atoms with Crippen LogP contribution >= 0.6 is 0 Å². The molecule has 1 aromatic carbocycles. The summed E-state index contributed by atoms with van der Waals surface area (Å²) >= 11 is 0. The lowest BCUT2D eigenvalue weighted by Crippen LogP contribution is -2.65. The smallest absolute Gasteiger partial charge is 0.335 e. The first-order valence-electron chi connectivity index (χ1n) is 6.65. The van der Waals surface area contributed by atoms with Crippen molar-refractivity contribution >= 4 is 16.0 Å². The van der Waals surface area contributed by atoms with Gasteiger partial charge in [0.15, 0.2) is 0 Å². The first-order valence-corrected chi connectivity index (χ1v) is 8.09. The number of hydrogen-bond acceptors (Lipinski definition) is 4. The number of aliphatic hydroxyl groups is 1.